The van der Waals surface area contributed by atoms with Gasteiger partial charge < -0.3 is 0 Å². The Morgan fingerprint density at radius 2 is 2.00 bits per heavy atom. The first-order valence-corrected chi connectivity index (χ1v) is 3.45. The fourth-order valence-electron chi connectivity index (χ4n) is 0.672. The molecule has 3 heteroatoms. The van der Waals surface area contributed by atoms with Crippen LogP contribution < -0.4 is 0 Å². The highest BCUT2D eigenvalue weighted by Gasteiger charge is 1.91. The zero-order valence-electron chi connectivity index (χ0n) is 5.35. The second-order valence-electron chi connectivity index (χ2n) is 1.88. The molecule has 48 valence electrons. The van der Waals surface area contributed by atoms with Crippen molar-refractivity contribution in [2.24, 2.45) is 0 Å². The van der Waals surface area contributed by atoms with Crippen molar-refractivity contribution in [3.05, 3.63) is 22.2 Å². The number of hydrogen-bond acceptors (Lipinski definition) is 2. The van der Waals surface area contributed by atoms with Crippen LogP contribution in [0.4, 0.5) is 0 Å². The van der Waals surface area contributed by atoms with Gasteiger partial charge >= 0.3 is 0 Å². The van der Waals surface area contributed by atoms with E-state index >= 15 is 0 Å². The van der Waals surface area contributed by atoms with Crippen molar-refractivity contribution >= 4 is 15.9 Å². The van der Waals surface area contributed by atoms with Crippen molar-refractivity contribution in [1.82, 2.24) is 9.97 Å². The third kappa shape index (κ3) is 1.75. The third-order valence-corrected chi connectivity index (χ3v) is 1.34. The smallest absolute Gasteiger partial charge is 0.126 e. The van der Waals surface area contributed by atoms with Crippen LogP contribution in [0.3, 0.4) is 0 Å². The van der Waals surface area contributed by atoms with Gasteiger partial charge in [-0.3, -0.25) is 0 Å². The summed E-state index contributed by atoms with van der Waals surface area (Å²) in [4.78, 5) is 8.13. The summed E-state index contributed by atoms with van der Waals surface area (Å²) in [5, 5.41) is 0. The molecule has 0 aliphatic carbocycles. The molecule has 0 N–H and O–H groups in total. The zero-order chi connectivity index (χ0) is 6.85. The first-order valence-electron chi connectivity index (χ1n) is 2.66. The molecular formula is C6H7BrN2. The maximum atomic E-state index is 4.09. The molecule has 0 saturated carbocycles. The molecule has 0 fully saturated rings. The minimum absolute atomic E-state index is 0.807. The number of nitrogens with zero attached hydrogens (tertiary/aromatic N) is 2. The van der Waals surface area contributed by atoms with Gasteiger partial charge in [0.2, 0.25) is 0 Å². The third-order valence-electron chi connectivity index (χ3n) is 0.935. The molecule has 0 saturated heterocycles. The van der Waals surface area contributed by atoms with E-state index in [2.05, 4.69) is 25.9 Å². The Bertz CT molecular complexity index is 172. The van der Waals surface area contributed by atoms with Crippen molar-refractivity contribution < 1.29 is 0 Å². The maximum absolute atomic E-state index is 4.09. The molecule has 1 rings (SSSR count). The fraction of sp³-hybridized carbons (Fsp3) is 0.333. The number of halogens is 1. The van der Waals surface area contributed by atoms with Crippen LogP contribution in [0.15, 0.2) is 10.7 Å². The minimum atomic E-state index is 0.807. The Morgan fingerprint density at radius 3 is 2.44 bits per heavy atom. The standard InChI is InChI=1S/C6H7BrN2/c1-4-3-6(7)9-5(2)8-4/h3H,1-2H3. The van der Waals surface area contributed by atoms with Gasteiger partial charge in [0.1, 0.15) is 10.4 Å². The Labute approximate surface area is 62.5 Å². The van der Waals surface area contributed by atoms with E-state index < -0.39 is 0 Å². The van der Waals surface area contributed by atoms with E-state index in [1.165, 1.54) is 0 Å². The van der Waals surface area contributed by atoms with Crippen LogP contribution in [-0.4, -0.2) is 9.97 Å². The largest absolute Gasteiger partial charge is 0.238 e. The first-order chi connectivity index (χ1) is 4.18. The van der Waals surface area contributed by atoms with Crippen LogP contribution in [0, 0.1) is 13.8 Å². The van der Waals surface area contributed by atoms with Crippen molar-refractivity contribution in [2.75, 3.05) is 0 Å². The van der Waals surface area contributed by atoms with E-state index in [1.807, 2.05) is 19.9 Å². The number of hydrogen-bond donors (Lipinski definition) is 0. The van der Waals surface area contributed by atoms with Crippen LogP contribution in [0.25, 0.3) is 0 Å². The van der Waals surface area contributed by atoms with Gasteiger partial charge in [0, 0.05) is 5.69 Å². The van der Waals surface area contributed by atoms with Crippen molar-refractivity contribution in [2.45, 2.75) is 13.8 Å². The van der Waals surface area contributed by atoms with Gasteiger partial charge in [0.25, 0.3) is 0 Å². The molecule has 0 amide bonds. The Hall–Kier alpha value is -0.440. The van der Waals surface area contributed by atoms with E-state index in [9.17, 15) is 0 Å². The van der Waals surface area contributed by atoms with E-state index in [0.29, 0.717) is 0 Å². The van der Waals surface area contributed by atoms with Gasteiger partial charge in [-0.1, -0.05) is 0 Å². The first kappa shape index (κ1) is 6.68. The lowest BCUT2D eigenvalue weighted by Crippen LogP contribution is -1.89. The molecule has 9 heavy (non-hydrogen) atoms. The molecule has 0 unspecified atom stereocenters. The lowest BCUT2D eigenvalue weighted by atomic mass is 10.4. The summed E-state index contributed by atoms with van der Waals surface area (Å²) < 4.78 is 0.854. The van der Waals surface area contributed by atoms with Crippen molar-refractivity contribution in [1.29, 1.82) is 0 Å². The Balaban J connectivity index is 3.17. The molecule has 1 heterocycles. The molecule has 1 aromatic heterocycles. The maximum Gasteiger partial charge on any atom is 0.126 e. The van der Waals surface area contributed by atoms with Gasteiger partial charge in [-0.2, -0.15) is 0 Å². The van der Waals surface area contributed by atoms with Gasteiger partial charge in [0.15, 0.2) is 0 Å². The van der Waals surface area contributed by atoms with Crippen LogP contribution >= 0.6 is 15.9 Å². The summed E-state index contributed by atoms with van der Waals surface area (Å²) in [6, 6.07) is 1.88. The molecule has 2 nitrogen and oxygen atoms in total. The highest BCUT2D eigenvalue weighted by molar-refractivity contribution is 9.10. The van der Waals surface area contributed by atoms with E-state index in [-0.39, 0.29) is 0 Å². The van der Waals surface area contributed by atoms with Gasteiger partial charge in [-0.15, -0.1) is 0 Å². The Kier molecular flexibility index (Phi) is 1.81. The molecule has 0 aromatic carbocycles. The predicted molar refractivity (Wildman–Crippen MR) is 39.2 cm³/mol. The number of rotatable bonds is 0. The van der Waals surface area contributed by atoms with E-state index in [1.54, 1.807) is 0 Å². The summed E-state index contributed by atoms with van der Waals surface area (Å²) in [5.74, 6) is 0.807. The van der Waals surface area contributed by atoms with Gasteiger partial charge in [-0.05, 0) is 35.8 Å². The minimum Gasteiger partial charge on any atom is -0.238 e. The monoisotopic (exact) mass is 186 g/mol. The van der Waals surface area contributed by atoms with E-state index in [0.717, 1.165) is 16.1 Å². The van der Waals surface area contributed by atoms with Crippen LogP contribution in [0.5, 0.6) is 0 Å². The SMILES string of the molecule is Cc1cc(Br)nc(C)n1. The predicted octanol–water partition coefficient (Wildman–Crippen LogP) is 1.86. The van der Waals surface area contributed by atoms with Gasteiger partial charge in [-0.25, -0.2) is 9.97 Å². The van der Waals surface area contributed by atoms with Crippen molar-refractivity contribution in [3.63, 3.8) is 0 Å². The molecule has 1 aromatic rings. The second kappa shape index (κ2) is 2.43. The summed E-state index contributed by atoms with van der Waals surface area (Å²) in [6.07, 6.45) is 0. The molecule has 0 atom stereocenters. The zero-order valence-corrected chi connectivity index (χ0v) is 6.94. The lowest BCUT2D eigenvalue weighted by Gasteiger charge is -1.93. The number of aryl methyl sites for hydroxylation is 2. The van der Waals surface area contributed by atoms with Crippen molar-refractivity contribution in [3.8, 4) is 0 Å². The Morgan fingerprint density at radius 1 is 1.33 bits per heavy atom. The highest BCUT2D eigenvalue weighted by atomic mass is 79.9. The van der Waals surface area contributed by atoms with E-state index in [4.69, 9.17) is 0 Å². The number of aromatic nitrogens is 2. The average molecular weight is 187 g/mol. The van der Waals surface area contributed by atoms with Crippen LogP contribution in [-0.2, 0) is 0 Å². The summed E-state index contributed by atoms with van der Waals surface area (Å²) in [5.41, 5.74) is 0.995. The topological polar surface area (TPSA) is 25.8 Å². The highest BCUT2D eigenvalue weighted by Crippen LogP contribution is 2.05. The molecular weight excluding hydrogens is 180 g/mol. The molecule has 0 aliphatic rings. The average Bonchev–Trinajstić information content (AvgIpc) is 1.59. The second-order valence-corrected chi connectivity index (χ2v) is 2.69. The fourth-order valence-corrected chi connectivity index (χ4v) is 1.26. The summed E-state index contributed by atoms with van der Waals surface area (Å²) in [7, 11) is 0. The normalized spacial score (nSPS) is 9.67. The molecule has 0 bridgehead atoms. The van der Waals surface area contributed by atoms with Crippen LogP contribution in [0.1, 0.15) is 11.5 Å². The molecule has 0 radical (unpaired) electrons. The molecule has 0 spiro atoms. The summed E-state index contributed by atoms with van der Waals surface area (Å²) in [6.45, 7) is 3.82. The quantitative estimate of drug-likeness (QED) is 0.579. The van der Waals surface area contributed by atoms with Crippen LogP contribution in [0.2, 0.25) is 0 Å². The lowest BCUT2D eigenvalue weighted by molar-refractivity contribution is 0.993. The summed E-state index contributed by atoms with van der Waals surface area (Å²) >= 11 is 3.26. The van der Waals surface area contributed by atoms with Gasteiger partial charge in [0.05, 0.1) is 0 Å². The molecule has 0 aliphatic heterocycles.